The van der Waals surface area contributed by atoms with Crippen molar-refractivity contribution in [3.8, 4) is 33.5 Å². The lowest BCUT2D eigenvalue weighted by Crippen LogP contribution is -2.29. The molecule has 0 aliphatic carbocycles. The average molecular weight is 507 g/mol. The molecule has 4 aromatic rings. The fraction of sp³-hybridized carbons (Fsp3) is 0.208. The summed E-state index contributed by atoms with van der Waals surface area (Å²) in [7, 11) is 0. The van der Waals surface area contributed by atoms with Crippen LogP contribution in [0.2, 0.25) is 5.02 Å². The van der Waals surface area contributed by atoms with E-state index < -0.39 is 0 Å². The van der Waals surface area contributed by atoms with Crippen molar-refractivity contribution in [3.05, 3.63) is 78.2 Å². The third-order valence-corrected chi connectivity index (χ3v) is 5.89. The summed E-state index contributed by atoms with van der Waals surface area (Å²) < 4.78 is 16.4. The Balaban J connectivity index is 0.00000153. The number of hydrogen-bond donors (Lipinski definition) is 1. The van der Waals surface area contributed by atoms with E-state index in [0.29, 0.717) is 22.3 Å². The van der Waals surface area contributed by atoms with Crippen molar-refractivity contribution in [3.63, 3.8) is 0 Å². The molecule has 4 heterocycles. The molecule has 1 N–H and O–H groups in total. The predicted octanol–water partition coefficient (Wildman–Crippen LogP) is 6.23. The highest BCUT2D eigenvalue weighted by Gasteiger charge is 2.16. The molecule has 9 heteroatoms. The molecule has 0 saturated carbocycles. The van der Waals surface area contributed by atoms with Gasteiger partial charge in [0.05, 0.1) is 17.9 Å². The summed E-state index contributed by atoms with van der Waals surface area (Å²) in [5.74, 6) is -0.355. The zero-order valence-electron chi connectivity index (χ0n) is 17.6. The maximum absolute atomic E-state index is 14.3. The Kier molecular flexibility index (Phi) is 8.43. The molecule has 3 aromatic heterocycles. The largest absolute Gasteiger partial charge is 0.317 e. The molecule has 0 radical (unpaired) electrons. The number of nitrogens with one attached hydrogen (secondary N) is 1. The van der Waals surface area contributed by atoms with Crippen LogP contribution in [-0.2, 0) is 0 Å². The van der Waals surface area contributed by atoms with Crippen molar-refractivity contribution in [1.29, 1.82) is 0 Å². The molecule has 1 aliphatic rings. The van der Waals surface area contributed by atoms with E-state index in [4.69, 9.17) is 11.6 Å². The van der Waals surface area contributed by atoms with Crippen molar-refractivity contribution >= 4 is 36.4 Å². The molecule has 1 saturated heterocycles. The van der Waals surface area contributed by atoms with Gasteiger partial charge >= 0.3 is 0 Å². The summed E-state index contributed by atoms with van der Waals surface area (Å²) in [5, 5.41) is 8.44. The highest BCUT2D eigenvalue weighted by molar-refractivity contribution is 6.30. The van der Waals surface area contributed by atoms with Gasteiger partial charge in [0, 0.05) is 52.1 Å². The Morgan fingerprint density at radius 3 is 2.45 bits per heavy atom. The summed E-state index contributed by atoms with van der Waals surface area (Å²) in [6, 6.07) is 10.7. The van der Waals surface area contributed by atoms with Gasteiger partial charge in [0.2, 0.25) is 0 Å². The number of nitrogens with zero attached hydrogens (tertiary/aromatic N) is 4. The zero-order chi connectivity index (χ0) is 21.2. The quantitative estimate of drug-likeness (QED) is 0.356. The summed E-state index contributed by atoms with van der Waals surface area (Å²) in [6.07, 6.45) is 11.5. The molecule has 5 rings (SSSR count). The van der Waals surface area contributed by atoms with Gasteiger partial charge in [-0.1, -0.05) is 11.6 Å². The summed E-state index contributed by atoms with van der Waals surface area (Å²) in [5.41, 5.74) is 4.76. The van der Waals surface area contributed by atoms with Crippen LogP contribution in [0.1, 0.15) is 18.9 Å². The van der Waals surface area contributed by atoms with E-state index in [9.17, 15) is 4.39 Å². The Morgan fingerprint density at radius 2 is 1.67 bits per heavy atom. The van der Waals surface area contributed by atoms with Crippen molar-refractivity contribution < 1.29 is 4.39 Å². The Hall–Kier alpha value is -2.51. The van der Waals surface area contributed by atoms with Gasteiger partial charge in [-0.2, -0.15) is 5.10 Å². The molecule has 0 spiro atoms. The normalized spacial score (nSPS) is 13.8. The molecule has 1 aliphatic heterocycles. The van der Waals surface area contributed by atoms with E-state index in [2.05, 4.69) is 37.3 Å². The highest BCUT2D eigenvalue weighted by Crippen LogP contribution is 2.30. The fourth-order valence-corrected chi connectivity index (χ4v) is 4.14. The summed E-state index contributed by atoms with van der Waals surface area (Å²) in [6.45, 7) is 2.04. The van der Waals surface area contributed by atoms with E-state index in [-0.39, 0.29) is 30.6 Å². The minimum absolute atomic E-state index is 0. The van der Waals surface area contributed by atoms with Gasteiger partial charge in [0.25, 0.3) is 0 Å². The van der Waals surface area contributed by atoms with Crippen LogP contribution in [0.15, 0.2) is 67.4 Å². The van der Waals surface area contributed by atoms with Gasteiger partial charge < -0.3 is 5.32 Å². The molecular weight excluding hydrogens is 484 g/mol. The summed E-state index contributed by atoms with van der Waals surface area (Å²) in [4.78, 5) is 8.77. The molecule has 5 nitrogen and oxygen atoms in total. The van der Waals surface area contributed by atoms with Gasteiger partial charge in [-0.3, -0.25) is 14.6 Å². The topological polar surface area (TPSA) is 55.6 Å². The van der Waals surface area contributed by atoms with Crippen LogP contribution in [0.3, 0.4) is 0 Å². The first-order valence-electron chi connectivity index (χ1n) is 10.3. The van der Waals surface area contributed by atoms with E-state index in [1.165, 1.54) is 12.1 Å². The highest BCUT2D eigenvalue weighted by atomic mass is 35.5. The molecule has 1 aromatic carbocycles. The van der Waals surface area contributed by atoms with Crippen LogP contribution in [0, 0.1) is 5.82 Å². The first kappa shape index (κ1) is 25.1. The second kappa shape index (κ2) is 11.1. The van der Waals surface area contributed by atoms with Crippen LogP contribution >= 0.6 is 36.4 Å². The molecule has 1 fully saturated rings. The van der Waals surface area contributed by atoms with Crippen molar-refractivity contribution in [2.45, 2.75) is 18.9 Å². The molecule has 0 amide bonds. The average Bonchev–Trinajstić information content (AvgIpc) is 3.32. The Labute approximate surface area is 209 Å². The minimum atomic E-state index is -0.355. The van der Waals surface area contributed by atoms with Crippen LogP contribution in [0.25, 0.3) is 33.5 Å². The molecule has 0 unspecified atom stereocenters. The standard InChI is InChI=1S/C24H21ClFN5.2ClH/c25-20-1-2-23(26)22(11-20)24-10-16(3-8-29-24)17-9-18(13-28-12-17)19-14-30-31(15-19)21-4-6-27-7-5-21;;/h1-3,8-15,21,27H,4-7H2;2*1H. The number of pyridine rings is 2. The van der Waals surface area contributed by atoms with Gasteiger partial charge in [0.15, 0.2) is 0 Å². The van der Waals surface area contributed by atoms with Crippen molar-refractivity contribution in [2.75, 3.05) is 13.1 Å². The van der Waals surface area contributed by atoms with Crippen LogP contribution in [0.5, 0.6) is 0 Å². The van der Waals surface area contributed by atoms with E-state index in [1.807, 2.05) is 24.5 Å². The second-order valence-corrected chi connectivity index (χ2v) is 8.14. The third kappa shape index (κ3) is 5.53. The number of rotatable bonds is 4. The lowest BCUT2D eigenvalue weighted by molar-refractivity contribution is 0.343. The lowest BCUT2D eigenvalue weighted by Gasteiger charge is -2.22. The molecule has 33 heavy (non-hydrogen) atoms. The second-order valence-electron chi connectivity index (χ2n) is 7.71. The lowest BCUT2D eigenvalue weighted by atomic mass is 10.0. The predicted molar refractivity (Wildman–Crippen MR) is 135 cm³/mol. The molecule has 0 bridgehead atoms. The van der Waals surface area contributed by atoms with Crippen LogP contribution in [0.4, 0.5) is 4.39 Å². The number of hydrogen-bond acceptors (Lipinski definition) is 4. The van der Waals surface area contributed by atoms with Crippen LogP contribution < -0.4 is 5.32 Å². The van der Waals surface area contributed by atoms with E-state index in [1.54, 1.807) is 18.5 Å². The number of aromatic nitrogens is 4. The smallest absolute Gasteiger partial charge is 0.132 e. The number of benzene rings is 1. The number of halogens is 4. The Morgan fingerprint density at radius 1 is 0.909 bits per heavy atom. The minimum Gasteiger partial charge on any atom is -0.317 e. The number of piperidine rings is 1. The molecule has 172 valence electrons. The fourth-order valence-electron chi connectivity index (χ4n) is 3.96. The third-order valence-electron chi connectivity index (χ3n) is 5.65. The monoisotopic (exact) mass is 505 g/mol. The van der Waals surface area contributed by atoms with Crippen LogP contribution in [-0.4, -0.2) is 32.8 Å². The van der Waals surface area contributed by atoms with Gasteiger partial charge in [-0.05, 0) is 67.9 Å². The van der Waals surface area contributed by atoms with Crippen molar-refractivity contribution in [2.24, 2.45) is 0 Å². The summed E-state index contributed by atoms with van der Waals surface area (Å²) >= 11 is 6.05. The molecule has 0 atom stereocenters. The SMILES string of the molecule is Cl.Cl.Fc1ccc(Cl)cc1-c1cc(-c2cncc(-c3cnn(C4CCNCC4)c3)c2)ccn1. The Bertz CT molecular complexity index is 1220. The van der Waals surface area contributed by atoms with Gasteiger partial charge in [-0.25, -0.2) is 4.39 Å². The molecular formula is C24H23Cl3FN5. The van der Waals surface area contributed by atoms with Crippen molar-refractivity contribution in [1.82, 2.24) is 25.1 Å². The van der Waals surface area contributed by atoms with Gasteiger partial charge in [0.1, 0.15) is 5.82 Å². The van der Waals surface area contributed by atoms with Gasteiger partial charge in [-0.15, -0.1) is 24.8 Å². The van der Waals surface area contributed by atoms with E-state index >= 15 is 0 Å². The first-order chi connectivity index (χ1) is 15.2. The first-order valence-corrected chi connectivity index (χ1v) is 10.7. The maximum atomic E-state index is 14.3. The van der Waals surface area contributed by atoms with E-state index in [0.717, 1.165) is 48.2 Å². The zero-order valence-corrected chi connectivity index (χ0v) is 20.0. The maximum Gasteiger partial charge on any atom is 0.132 e.